The second kappa shape index (κ2) is 7.66. The molecule has 0 spiro atoms. The van der Waals surface area contributed by atoms with Gasteiger partial charge >= 0.3 is 6.36 Å². The van der Waals surface area contributed by atoms with Crippen molar-refractivity contribution in [3.8, 4) is 5.75 Å². The van der Waals surface area contributed by atoms with E-state index >= 15 is 0 Å². The predicted molar refractivity (Wildman–Crippen MR) is 76.0 cm³/mol. The summed E-state index contributed by atoms with van der Waals surface area (Å²) in [6.07, 6.45) is -4.34. The van der Waals surface area contributed by atoms with Gasteiger partial charge in [0, 0.05) is 18.3 Å². The number of benzene rings is 1. The number of ether oxygens (including phenoxy) is 2. The van der Waals surface area contributed by atoms with Gasteiger partial charge in [0.2, 0.25) is 0 Å². The van der Waals surface area contributed by atoms with Gasteiger partial charge in [-0.25, -0.2) is 0 Å². The Morgan fingerprint density at radius 3 is 2.73 bits per heavy atom. The van der Waals surface area contributed by atoms with Gasteiger partial charge in [0.1, 0.15) is 11.9 Å². The normalized spacial score (nSPS) is 21.1. The molecule has 1 heterocycles. The van der Waals surface area contributed by atoms with Gasteiger partial charge in [0.25, 0.3) is 5.91 Å². The van der Waals surface area contributed by atoms with Crippen LogP contribution in [0.5, 0.6) is 5.75 Å². The second-order valence-corrected chi connectivity index (χ2v) is 4.62. The Kier molecular flexibility index (Phi) is 6.46. The minimum absolute atomic E-state index is 0. The third-order valence-electron chi connectivity index (χ3n) is 3.00. The van der Waals surface area contributed by atoms with E-state index in [1.807, 2.05) is 0 Å². The molecule has 0 radical (unpaired) electrons. The molecule has 0 saturated carbocycles. The lowest BCUT2D eigenvalue weighted by molar-refractivity contribution is -0.274. The van der Waals surface area contributed by atoms with Crippen molar-refractivity contribution in [1.82, 2.24) is 0 Å². The van der Waals surface area contributed by atoms with Crippen LogP contribution in [0.1, 0.15) is 12.8 Å². The maximum Gasteiger partial charge on any atom is 0.573 e. The lowest BCUT2D eigenvalue weighted by Crippen LogP contribution is -2.29. The number of hydrogen-bond acceptors (Lipinski definition) is 4. The van der Waals surface area contributed by atoms with Crippen LogP contribution in [0.25, 0.3) is 0 Å². The summed E-state index contributed by atoms with van der Waals surface area (Å²) in [7, 11) is 0. The summed E-state index contributed by atoms with van der Waals surface area (Å²) in [6.45, 7) is 0.332. The highest BCUT2D eigenvalue weighted by Crippen LogP contribution is 2.26. The first-order chi connectivity index (χ1) is 9.87. The van der Waals surface area contributed by atoms with Crippen LogP contribution in [0, 0.1) is 0 Å². The molecule has 0 unspecified atom stereocenters. The Morgan fingerprint density at radius 1 is 1.41 bits per heavy atom. The van der Waals surface area contributed by atoms with Crippen molar-refractivity contribution in [2.24, 2.45) is 5.73 Å². The number of nitrogens with one attached hydrogen (secondary N) is 1. The minimum Gasteiger partial charge on any atom is -0.406 e. The van der Waals surface area contributed by atoms with Gasteiger partial charge in [-0.2, -0.15) is 0 Å². The highest BCUT2D eigenvalue weighted by Gasteiger charge is 2.32. The number of halogens is 4. The Bertz CT molecular complexity index is 514. The molecule has 3 N–H and O–H groups in total. The third kappa shape index (κ3) is 5.36. The van der Waals surface area contributed by atoms with E-state index in [1.54, 1.807) is 0 Å². The molecular formula is C13H16ClF3N2O3. The van der Waals surface area contributed by atoms with Crippen molar-refractivity contribution in [2.45, 2.75) is 31.4 Å². The van der Waals surface area contributed by atoms with Crippen LogP contribution in [0.3, 0.4) is 0 Å². The summed E-state index contributed by atoms with van der Waals surface area (Å²) in [5.41, 5.74) is 5.66. The molecule has 1 fully saturated rings. The number of anilines is 1. The van der Waals surface area contributed by atoms with Crippen LogP contribution >= 0.6 is 12.4 Å². The molecule has 1 aromatic carbocycles. The van der Waals surface area contributed by atoms with E-state index in [0.29, 0.717) is 19.4 Å². The molecule has 1 aliphatic heterocycles. The average Bonchev–Trinajstić information content (AvgIpc) is 2.85. The van der Waals surface area contributed by atoms with Crippen LogP contribution < -0.4 is 15.8 Å². The monoisotopic (exact) mass is 340 g/mol. The van der Waals surface area contributed by atoms with Crippen LogP contribution in [0.2, 0.25) is 0 Å². The highest BCUT2D eigenvalue weighted by molar-refractivity contribution is 5.94. The maximum absolute atomic E-state index is 12.1. The number of nitrogens with two attached hydrogens (primary N) is 1. The van der Waals surface area contributed by atoms with Gasteiger partial charge in [-0.1, -0.05) is 6.07 Å². The van der Waals surface area contributed by atoms with Gasteiger partial charge in [-0.15, -0.1) is 25.6 Å². The molecule has 1 saturated heterocycles. The summed E-state index contributed by atoms with van der Waals surface area (Å²) in [4.78, 5) is 11.9. The van der Waals surface area contributed by atoms with Gasteiger partial charge in [-0.05, 0) is 25.0 Å². The molecule has 22 heavy (non-hydrogen) atoms. The largest absolute Gasteiger partial charge is 0.573 e. The molecule has 2 rings (SSSR count). The molecule has 124 valence electrons. The predicted octanol–water partition coefficient (Wildman–Crippen LogP) is 2.45. The molecule has 1 amide bonds. The first-order valence-electron chi connectivity index (χ1n) is 6.39. The van der Waals surface area contributed by atoms with Gasteiger partial charge in [-0.3, -0.25) is 4.79 Å². The van der Waals surface area contributed by atoms with E-state index in [4.69, 9.17) is 10.5 Å². The van der Waals surface area contributed by atoms with Gasteiger partial charge < -0.3 is 20.5 Å². The molecular weight excluding hydrogens is 325 g/mol. The zero-order valence-electron chi connectivity index (χ0n) is 11.4. The summed E-state index contributed by atoms with van der Waals surface area (Å²) in [6, 6.07) is 5.08. The summed E-state index contributed by atoms with van der Waals surface area (Å²) < 4.78 is 45.6. The fraction of sp³-hybridized carbons (Fsp3) is 0.462. The quantitative estimate of drug-likeness (QED) is 0.883. The number of amides is 1. The summed E-state index contributed by atoms with van der Waals surface area (Å²) >= 11 is 0. The van der Waals surface area contributed by atoms with E-state index in [1.165, 1.54) is 12.1 Å². The fourth-order valence-corrected chi connectivity index (χ4v) is 2.07. The zero-order valence-corrected chi connectivity index (χ0v) is 12.2. The minimum atomic E-state index is -4.77. The lowest BCUT2D eigenvalue weighted by Gasteiger charge is -2.14. The van der Waals surface area contributed by atoms with E-state index in [0.717, 1.165) is 12.1 Å². The van der Waals surface area contributed by atoms with Crippen LogP contribution in [0.4, 0.5) is 18.9 Å². The van der Waals surface area contributed by atoms with Crippen molar-refractivity contribution in [3.63, 3.8) is 0 Å². The fourth-order valence-electron chi connectivity index (χ4n) is 2.07. The SMILES string of the molecule is Cl.NC[C@H]1CC[C@@H](C(=O)Nc2cccc(OC(F)(F)F)c2)O1. The number of alkyl halides is 3. The van der Waals surface area contributed by atoms with E-state index in [-0.39, 0.29) is 24.2 Å². The Balaban J connectivity index is 0.00000242. The van der Waals surface area contributed by atoms with Crippen LogP contribution in [-0.2, 0) is 9.53 Å². The highest BCUT2D eigenvalue weighted by atomic mass is 35.5. The first kappa shape index (κ1) is 18.5. The molecule has 2 atom stereocenters. The second-order valence-electron chi connectivity index (χ2n) is 4.62. The van der Waals surface area contributed by atoms with Crippen LogP contribution in [0.15, 0.2) is 24.3 Å². The Hall–Kier alpha value is -1.51. The van der Waals surface area contributed by atoms with Gasteiger partial charge in [0.15, 0.2) is 0 Å². The molecule has 0 bridgehead atoms. The van der Waals surface area contributed by atoms with E-state index in [2.05, 4.69) is 10.1 Å². The standard InChI is InChI=1S/C13H15F3N2O3.ClH/c14-13(15,16)21-9-3-1-2-8(6-9)18-12(19)11-5-4-10(7-17)20-11;/h1-3,6,10-11H,4-5,7,17H2,(H,18,19);1H/t10-,11+;/m1./s1. The lowest BCUT2D eigenvalue weighted by atomic mass is 10.2. The van der Waals surface area contributed by atoms with E-state index < -0.39 is 24.1 Å². The Labute approximate surface area is 131 Å². The molecule has 9 heteroatoms. The van der Waals surface area contributed by atoms with E-state index in [9.17, 15) is 18.0 Å². The molecule has 1 aromatic rings. The summed E-state index contributed by atoms with van der Waals surface area (Å²) in [5, 5.41) is 2.50. The van der Waals surface area contributed by atoms with Crippen molar-refractivity contribution in [2.75, 3.05) is 11.9 Å². The number of carbonyl (C=O) groups is 1. The smallest absolute Gasteiger partial charge is 0.406 e. The van der Waals surface area contributed by atoms with Crippen molar-refractivity contribution < 1.29 is 27.4 Å². The molecule has 0 aliphatic carbocycles. The number of carbonyl (C=O) groups excluding carboxylic acids is 1. The zero-order chi connectivity index (χ0) is 15.5. The third-order valence-corrected chi connectivity index (χ3v) is 3.00. The van der Waals surface area contributed by atoms with Crippen molar-refractivity contribution in [1.29, 1.82) is 0 Å². The molecule has 0 aromatic heterocycles. The molecule has 5 nitrogen and oxygen atoms in total. The first-order valence-corrected chi connectivity index (χ1v) is 6.39. The maximum atomic E-state index is 12.1. The van der Waals surface area contributed by atoms with Crippen molar-refractivity contribution >= 4 is 24.0 Å². The topological polar surface area (TPSA) is 73.6 Å². The average molecular weight is 341 g/mol. The van der Waals surface area contributed by atoms with Crippen LogP contribution in [-0.4, -0.2) is 31.0 Å². The Morgan fingerprint density at radius 2 is 2.14 bits per heavy atom. The molecule has 1 aliphatic rings. The van der Waals surface area contributed by atoms with Crippen molar-refractivity contribution in [3.05, 3.63) is 24.3 Å². The number of hydrogen-bond donors (Lipinski definition) is 2. The summed E-state index contributed by atoms with van der Waals surface area (Å²) in [5.74, 6) is -0.803. The van der Waals surface area contributed by atoms with Gasteiger partial charge in [0.05, 0.1) is 6.10 Å². The number of rotatable bonds is 4.